The Morgan fingerprint density at radius 2 is 2.05 bits per heavy atom. The average Bonchev–Trinajstić information content (AvgIpc) is 3.16. The van der Waals surface area contributed by atoms with Gasteiger partial charge in [-0.25, -0.2) is 0 Å². The molecule has 2 fully saturated rings. The number of rotatable bonds is 3. The zero-order valence-corrected chi connectivity index (χ0v) is 12.7. The van der Waals surface area contributed by atoms with Crippen LogP contribution in [0.15, 0.2) is 4.52 Å². The van der Waals surface area contributed by atoms with Crippen molar-refractivity contribution in [1.82, 2.24) is 15.0 Å². The number of likely N-dealkylation sites (tertiary alicyclic amines) is 1. The van der Waals surface area contributed by atoms with Crippen molar-refractivity contribution in [3.8, 4) is 0 Å². The second-order valence-corrected chi connectivity index (χ2v) is 6.22. The van der Waals surface area contributed by atoms with E-state index in [1.54, 1.807) is 0 Å². The molecular formula is C15H23N3O3. The SMILES string of the molecule is CC(C)c1noc([C@@H]2CCCN2C(=O)C2CCOCC2)n1. The lowest BCUT2D eigenvalue weighted by atomic mass is 9.98. The second kappa shape index (κ2) is 6.13. The van der Waals surface area contributed by atoms with Crippen LogP contribution in [0.3, 0.4) is 0 Å². The molecule has 3 rings (SSSR count). The molecule has 0 aliphatic carbocycles. The first-order valence-electron chi connectivity index (χ1n) is 7.88. The van der Waals surface area contributed by atoms with E-state index < -0.39 is 0 Å². The van der Waals surface area contributed by atoms with Crippen LogP contribution in [0.2, 0.25) is 0 Å². The molecule has 3 heterocycles. The quantitative estimate of drug-likeness (QED) is 0.855. The predicted molar refractivity (Wildman–Crippen MR) is 75.6 cm³/mol. The number of carbonyl (C=O) groups excluding carboxylic acids is 1. The summed E-state index contributed by atoms with van der Waals surface area (Å²) < 4.78 is 10.7. The lowest BCUT2D eigenvalue weighted by Gasteiger charge is -2.29. The summed E-state index contributed by atoms with van der Waals surface area (Å²) in [5.41, 5.74) is 0. The van der Waals surface area contributed by atoms with Crippen molar-refractivity contribution >= 4 is 5.91 Å². The molecule has 0 saturated carbocycles. The first-order valence-corrected chi connectivity index (χ1v) is 7.88. The Balaban J connectivity index is 1.73. The molecule has 1 amide bonds. The Labute approximate surface area is 124 Å². The lowest BCUT2D eigenvalue weighted by Crippen LogP contribution is -2.38. The van der Waals surface area contributed by atoms with Crippen molar-refractivity contribution in [2.45, 2.75) is 51.5 Å². The van der Waals surface area contributed by atoms with E-state index in [1.165, 1.54) is 0 Å². The molecule has 0 N–H and O–H groups in total. The third-order valence-electron chi connectivity index (χ3n) is 4.37. The van der Waals surface area contributed by atoms with Crippen LogP contribution in [0, 0.1) is 5.92 Å². The topological polar surface area (TPSA) is 68.5 Å². The third kappa shape index (κ3) is 2.95. The van der Waals surface area contributed by atoms with Crippen LogP contribution < -0.4 is 0 Å². The summed E-state index contributed by atoms with van der Waals surface area (Å²) in [6, 6.07) is -0.0413. The van der Waals surface area contributed by atoms with E-state index in [9.17, 15) is 4.79 Å². The van der Waals surface area contributed by atoms with Gasteiger partial charge in [0.2, 0.25) is 11.8 Å². The molecule has 2 aliphatic heterocycles. The van der Waals surface area contributed by atoms with Gasteiger partial charge in [-0.15, -0.1) is 0 Å². The second-order valence-electron chi connectivity index (χ2n) is 6.22. The van der Waals surface area contributed by atoms with Gasteiger partial charge in [-0.2, -0.15) is 4.98 Å². The van der Waals surface area contributed by atoms with Crippen molar-refractivity contribution in [3.05, 3.63) is 11.7 Å². The summed E-state index contributed by atoms with van der Waals surface area (Å²) in [5, 5.41) is 4.02. The Morgan fingerprint density at radius 3 is 2.71 bits per heavy atom. The molecule has 0 bridgehead atoms. The van der Waals surface area contributed by atoms with Gasteiger partial charge in [0.1, 0.15) is 6.04 Å². The number of nitrogens with zero attached hydrogens (tertiary/aromatic N) is 3. The van der Waals surface area contributed by atoms with Gasteiger partial charge in [-0.1, -0.05) is 19.0 Å². The maximum atomic E-state index is 12.7. The fraction of sp³-hybridized carbons (Fsp3) is 0.800. The van der Waals surface area contributed by atoms with Crippen LogP contribution in [0.1, 0.15) is 63.2 Å². The van der Waals surface area contributed by atoms with Crippen LogP contribution in [-0.4, -0.2) is 40.7 Å². The van der Waals surface area contributed by atoms with Crippen LogP contribution in [0.5, 0.6) is 0 Å². The Kier molecular flexibility index (Phi) is 4.24. The first-order chi connectivity index (χ1) is 10.2. The molecule has 6 nitrogen and oxygen atoms in total. The fourth-order valence-electron chi connectivity index (χ4n) is 3.08. The van der Waals surface area contributed by atoms with Gasteiger partial charge in [0.15, 0.2) is 5.82 Å². The normalized spacial score (nSPS) is 24.0. The van der Waals surface area contributed by atoms with E-state index in [1.807, 2.05) is 18.7 Å². The molecule has 2 aliphatic rings. The highest BCUT2D eigenvalue weighted by atomic mass is 16.5. The molecule has 1 aromatic heterocycles. The maximum Gasteiger partial charge on any atom is 0.249 e. The van der Waals surface area contributed by atoms with Crippen LogP contribution in [0.4, 0.5) is 0 Å². The van der Waals surface area contributed by atoms with Crippen molar-refractivity contribution in [2.75, 3.05) is 19.8 Å². The molecule has 1 aromatic rings. The molecule has 116 valence electrons. The Morgan fingerprint density at radius 1 is 1.29 bits per heavy atom. The van der Waals surface area contributed by atoms with Gasteiger partial charge < -0.3 is 14.2 Å². The summed E-state index contributed by atoms with van der Waals surface area (Å²) in [6.45, 7) is 6.24. The van der Waals surface area contributed by atoms with E-state index in [0.717, 1.165) is 38.1 Å². The summed E-state index contributed by atoms with van der Waals surface area (Å²) in [6.07, 6.45) is 3.56. The van der Waals surface area contributed by atoms with Gasteiger partial charge in [0, 0.05) is 31.6 Å². The summed E-state index contributed by atoms with van der Waals surface area (Å²) >= 11 is 0. The van der Waals surface area contributed by atoms with Gasteiger partial charge in [0.05, 0.1) is 0 Å². The molecular weight excluding hydrogens is 270 g/mol. The molecule has 1 atom stereocenters. The Bertz CT molecular complexity index is 494. The van der Waals surface area contributed by atoms with Crippen LogP contribution in [0.25, 0.3) is 0 Å². The highest BCUT2D eigenvalue weighted by molar-refractivity contribution is 5.79. The summed E-state index contributed by atoms with van der Waals surface area (Å²) in [5.74, 6) is 1.87. The minimum absolute atomic E-state index is 0.0413. The molecule has 0 radical (unpaired) electrons. The molecule has 0 unspecified atom stereocenters. The van der Waals surface area contributed by atoms with E-state index in [2.05, 4.69) is 10.1 Å². The van der Waals surface area contributed by atoms with Crippen molar-refractivity contribution < 1.29 is 14.1 Å². The third-order valence-corrected chi connectivity index (χ3v) is 4.37. The highest BCUT2D eigenvalue weighted by Crippen LogP contribution is 2.34. The van der Waals surface area contributed by atoms with Gasteiger partial charge in [-0.3, -0.25) is 4.79 Å². The number of ether oxygens (including phenoxy) is 1. The molecule has 2 saturated heterocycles. The number of carbonyl (C=O) groups is 1. The molecule has 0 aromatic carbocycles. The van der Waals surface area contributed by atoms with Crippen LogP contribution in [-0.2, 0) is 9.53 Å². The van der Waals surface area contributed by atoms with E-state index in [-0.39, 0.29) is 23.8 Å². The summed E-state index contributed by atoms with van der Waals surface area (Å²) in [4.78, 5) is 19.1. The number of hydrogen-bond donors (Lipinski definition) is 0. The van der Waals surface area contributed by atoms with E-state index >= 15 is 0 Å². The molecule has 0 spiro atoms. The highest BCUT2D eigenvalue weighted by Gasteiger charge is 2.37. The monoisotopic (exact) mass is 293 g/mol. The van der Waals surface area contributed by atoms with Gasteiger partial charge >= 0.3 is 0 Å². The maximum absolute atomic E-state index is 12.7. The lowest BCUT2D eigenvalue weighted by molar-refractivity contribution is -0.140. The zero-order valence-electron chi connectivity index (χ0n) is 12.7. The molecule has 21 heavy (non-hydrogen) atoms. The summed E-state index contributed by atoms with van der Waals surface area (Å²) in [7, 11) is 0. The largest absolute Gasteiger partial charge is 0.381 e. The Hall–Kier alpha value is -1.43. The molecule has 6 heteroatoms. The minimum Gasteiger partial charge on any atom is -0.381 e. The first kappa shape index (κ1) is 14.5. The number of amides is 1. The fourth-order valence-corrected chi connectivity index (χ4v) is 3.08. The smallest absolute Gasteiger partial charge is 0.249 e. The van der Waals surface area contributed by atoms with Gasteiger partial charge in [0.25, 0.3) is 0 Å². The van der Waals surface area contributed by atoms with E-state index in [0.29, 0.717) is 19.1 Å². The van der Waals surface area contributed by atoms with Crippen molar-refractivity contribution in [2.24, 2.45) is 5.92 Å². The standard InChI is InChI=1S/C15H23N3O3/c1-10(2)13-16-14(21-17-13)12-4-3-7-18(12)15(19)11-5-8-20-9-6-11/h10-12H,3-9H2,1-2H3/t12-/m0/s1. The average molecular weight is 293 g/mol. The van der Waals surface area contributed by atoms with Crippen molar-refractivity contribution in [1.29, 1.82) is 0 Å². The number of hydrogen-bond acceptors (Lipinski definition) is 5. The van der Waals surface area contributed by atoms with E-state index in [4.69, 9.17) is 9.26 Å². The minimum atomic E-state index is -0.0413. The number of aromatic nitrogens is 2. The van der Waals surface area contributed by atoms with Crippen LogP contribution >= 0.6 is 0 Å². The van der Waals surface area contributed by atoms with Crippen molar-refractivity contribution in [3.63, 3.8) is 0 Å². The predicted octanol–water partition coefficient (Wildman–Crippen LogP) is 2.28. The zero-order chi connectivity index (χ0) is 14.8. The van der Waals surface area contributed by atoms with Gasteiger partial charge in [-0.05, 0) is 25.7 Å².